The molecule has 0 spiro atoms. The molecule has 0 saturated carbocycles. The zero-order chi connectivity index (χ0) is 16.6. The first-order chi connectivity index (χ1) is 10.8. The number of amides is 1. The summed E-state index contributed by atoms with van der Waals surface area (Å²) in [7, 11) is 0. The van der Waals surface area contributed by atoms with Gasteiger partial charge in [0.25, 0.3) is 0 Å². The fourth-order valence-electron chi connectivity index (χ4n) is 2.95. The number of fused-ring (bicyclic) bond motifs is 2. The smallest absolute Gasteiger partial charge is 0.410 e. The molecule has 2 heterocycles. The molecule has 1 N–H and O–H groups in total. The first-order valence-electron chi connectivity index (χ1n) is 8.04. The molecule has 0 aromatic heterocycles. The molecular weight excluding hydrogens is 360 g/mol. The summed E-state index contributed by atoms with van der Waals surface area (Å²) in [6.45, 7) is 8.51. The van der Waals surface area contributed by atoms with Crippen LogP contribution >= 0.6 is 15.9 Å². The number of carbonyl (C=O) groups excluding carboxylic acids is 1. The number of halogens is 1. The minimum atomic E-state index is -0.465. The van der Waals surface area contributed by atoms with Crippen LogP contribution in [0.3, 0.4) is 0 Å². The zero-order valence-corrected chi connectivity index (χ0v) is 15.5. The van der Waals surface area contributed by atoms with Gasteiger partial charge in [-0.15, -0.1) is 0 Å². The Morgan fingerprint density at radius 1 is 1.35 bits per heavy atom. The molecule has 0 aliphatic carbocycles. The second kappa shape index (κ2) is 6.23. The molecule has 6 heteroatoms. The molecule has 0 unspecified atom stereocenters. The van der Waals surface area contributed by atoms with Crippen LogP contribution in [0, 0.1) is 0 Å². The molecule has 2 aliphatic heterocycles. The topological polar surface area (TPSA) is 50.8 Å². The van der Waals surface area contributed by atoms with Crippen LogP contribution in [0.15, 0.2) is 10.5 Å². The van der Waals surface area contributed by atoms with Gasteiger partial charge in [0.1, 0.15) is 18.0 Å². The lowest BCUT2D eigenvalue weighted by Gasteiger charge is -2.26. The summed E-state index contributed by atoms with van der Waals surface area (Å²) in [6.07, 6.45) is 1.38. The normalized spacial score (nSPS) is 17.3. The van der Waals surface area contributed by atoms with Gasteiger partial charge in [0.05, 0.1) is 5.69 Å². The molecule has 2 aliphatic rings. The number of hydrogen-bond donors (Lipinski definition) is 1. The van der Waals surface area contributed by atoms with Crippen molar-refractivity contribution < 1.29 is 14.3 Å². The van der Waals surface area contributed by atoms with Gasteiger partial charge in [-0.25, -0.2) is 4.79 Å². The van der Waals surface area contributed by atoms with E-state index in [9.17, 15) is 4.79 Å². The maximum atomic E-state index is 12.3. The Balaban J connectivity index is 1.80. The highest BCUT2D eigenvalue weighted by Gasteiger charge is 2.27. The van der Waals surface area contributed by atoms with Crippen LogP contribution in [0.4, 0.5) is 10.5 Å². The van der Waals surface area contributed by atoms with E-state index >= 15 is 0 Å². The first kappa shape index (κ1) is 16.4. The molecule has 0 saturated heterocycles. The Labute approximate surface area is 145 Å². The van der Waals surface area contributed by atoms with Crippen LogP contribution in [0.5, 0.6) is 5.75 Å². The van der Waals surface area contributed by atoms with Crippen LogP contribution in [-0.4, -0.2) is 42.8 Å². The van der Waals surface area contributed by atoms with Gasteiger partial charge in [-0.05, 0) is 66.7 Å². The molecule has 3 rings (SSSR count). The Hall–Kier alpha value is -1.43. The van der Waals surface area contributed by atoms with E-state index in [4.69, 9.17) is 9.47 Å². The molecule has 1 aromatic carbocycles. The highest BCUT2D eigenvalue weighted by atomic mass is 79.9. The van der Waals surface area contributed by atoms with Crippen LogP contribution in [0.2, 0.25) is 0 Å². The third-order valence-corrected chi connectivity index (χ3v) is 4.89. The molecule has 0 atom stereocenters. The summed E-state index contributed by atoms with van der Waals surface area (Å²) in [5.41, 5.74) is 3.06. The lowest BCUT2D eigenvalue weighted by atomic mass is 10.0. The zero-order valence-electron chi connectivity index (χ0n) is 13.9. The average molecular weight is 383 g/mol. The van der Waals surface area contributed by atoms with Crippen molar-refractivity contribution in [2.24, 2.45) is 0 Å². The molecule has 23 heavy (non-hydrogen) atoms. The molecular formula is C17H23BrN2O3. The van der Waals surface area contributed by atoms with Gasteiger partial charge in [0.15, 0.2) is 0 Å². The van der Waals surface area contributed by atoms with Gasteiger partial charge in [0.2, 0.25) is 0 Å². The van der Waals surface area contributed by atoms with Crippen molar-refractivity contribution in [3.05, 3.63) is 21.7 Å². The first-order valence-corrected chi connectivity index (χ1v) is 8.83. The third-order valence-electron chi connectivity index (χ3n) is 4.02. The molecule has 5 nitrogen and oxygen atoms in total. The number of ether oxygens (including phenoxy) is 2. The summed E-state index contributed by atoms with van der Waals surface area (Å²) in [4.78, 5) is 14.1. The number of benzene rings is 1. The summed E-state index contributed by atoms with van der Waals surface area (Å²) >= 11 is 3.72. The molecule has 0 fully saturated rings. The predicted octanol–water partition coefficient (Wildman–Crippen LogP) is 3.59. The van der Waals surface area contributed by atoms with Crippen molar-refractivity contribution in [1.82, 2.24) is 4.90 Å². The van der Waals surface area contributed by atoms with Crippen molar-refractivity contribution in [1.29, 1.82) is 0 Å². The standard InChI is InChI=1S/C17H23BrN2O3/c1-17(2,3)23-16(21)20-7-4-11-10-13-15(19-6-9-22-13)14(18)12(11)5-8-20/h10,19H,4-9H2,1-3H3. The van der Waals surface area contributed by atoms with Crippen molar-refractivity contribution >= 4 is 27.7 Å². The molecule has 0 bridgehead atoms. The number of anilines is 1. The van der Waals surface area contributed by atoms with E-state index in [0.717, 1.165) is 35.3 Å². The van der Waals surface area contributed by atoms with Crippen molar-refractivity contribution in [2.45, 2.75) is 39.2 Å². The second-order valence-electron chi connectivity index (χ2n) is 6.94. The molecule has 1 amide bonds. The summed E-state index contributed by atoms with van der Waals surface area (Å²) in [5.74, 6) is 0.896. The predicted molar refractivity (Wildman–Crippen MR) is 93.3 cm³/mol. The molecule has 1 aromatic rings. The number of nitrogens with zero attached hydrogens (tertiary/aromatic N) is 1. The third kappa shape index (κ3) is 3.57. The number of carbonyl (C=O) groups is 1. The fourth-order valence-corrected chi connectivity index (χ4v) is 3.74. The minimum absolute atomic E-state index is 0.236. The molecule has 126 valence electrons. The Kier molecular flexibility index (Phi) is 4.45. The lowest BCUT2D eigenvalue weighted by Crippen LogP contribution is -2.38. The average Bonchev–Trinajstić information content (AvgIpc) is 2.68. The monoisotopic (exact) mass is 382 g/mol. The Bertz CT molecular complexity index is 625. The van der Waals surface area contributed by atoms with Gasteiger partial charge in [-0.1, -0.05) is 0 Å². The van der Waals surface area contributed by atoms with Gasteiger partial charge < -0.3 is 19.7 Å². The largest absolute Gasteiger partial charge is 0.490 e. The SMILES string of the molecule is CC(C)(C)OC(=O)N1CCc2cc3c(c(Br)c2CC1)NCCO3. The maximum absolute atomic E-state index is 12.3. The van der Waals surface area contributed by atoms with E-state index in [-0.39, 0.29) is 6.09 Å². The number of rotatable bonds is 0. The van der Waals surface area contributed by atoms with Crippen molar-refractivity contribution in [2.75, 3.05) is 31.6 Å². The fraction of sp³-hybridized carbons (Fsp3) is 0.588. The van der Waals surface area contributed by atoms with E-state index in [1.807, 2.05) is 20.8 Å². The Morgan fingerprint density at radius 3 is 2.83 bits per heavy atom. The lowest BCUT2D eigenvalue weighted by molar-refractivity contribution is 0.0258. The Morgan fingerprint density at radius 2 is 2.09 bits per heavy atom. The number of hydrogen-bond acceptors (Lipinski definition) is 4. The second-order valence-corrected chi connectivity index (χ2v) is 7.74. The van der Waals surface area contributed by atoms with Gasteiger partial charge >= 0.3 is 6.09 Å². The summed E-state index contributed by atoms with van der Waals surface area (Å²) in [6, 6.07) is 2.11. The van der Waals surface area contributed by atoms with Gasteiger partial charge in [-0.2, -0.15) is 0 Å². The van der Waals surface area contributed by atoms with Crippen LogP contribution in [-0.2, 0) is 17.6 Å². The van der Waals surface area contributed by atoms with E-state index < -0.39 is 5.60 Å². The quantitative estimate of drug-likeness (QED) is 0.744. The summed E-state index contributed by atoms with van der Waals surface area (Å²) in [5, 5.41) is 3.39. The van der Waals surface area contributed by atoms with Crippen molar-refractivity contribution in [3.63, 3.8) is 0 Å². The minimum Gasteiger partial charge on any atom is -0.490 e. The maximum Gasteiger partial charge on any atom is 0.410 e. The van der Waals surface area contributed by atoms with Crippen LogP contribution in [0.25, 0.3) is 0 Å². The number of nitrogens with one attached hydrogen (secondary N) is 1. The van der Waals surface area contributed by atoms with Gasteiger partial charge in [0, 0.05) is 24.1 Å². The van der Waals surface area contributed by atoms with Crippen molar-refractivity contribution in [3.8, 4) is 5.75 Å². The van der Waals surface area contributed by atoms with E-state index in [1.165, 1.54) is 11.1 Å². The van der Waals surface area contributed by atoms with Crippen LogP contribution in [0.1, 0.15) is 31.9 Å². The van der Waals surface area contributed by atoms with E-state index in [2.05, 4.69) is 27.3 Å². The van der Waals surface area contributed by atoms with Crippen LogP contribution < -0.4 is 10.1 Å². The summed E-state index contributed by atoms with van der Waals surface area (Å²) < 4.78 is 12.3. The molecule has 0 radical (unpaired) electrons. The van der Waals surface area contributed by atoms with E-state index in [1.54, 1.807) is 4.90 Å². The highest BCUT2D eigenvalue weighted by molar-refractivity contribution is 9.10. The van der Waals surface area contributed by atoms with Gasteiger partial charge in [-0.3, -0.25) is 0 Å². The highest BCUT2D eigenvalue weighted by Crippen LogP contribution is 2.40. The van der Waals surface area contributed by atoms with E-state index in [0.29, 0.717) is 19.7 Å².